The zero-order chi connectivity index (χ0) is 15.4. The second-order valence-corrected chi connectivity index (χ2v) is 5.34. The molecule has 0 unspecified atom stereocenters. The maximum atomic E-state index is 12.5. The first-order valence-corrected chi connectivity index (χ1v) is 7.37. The Bertz CT molecular complexity index is 637. The third-order valence-electron chi connectivity index (χ3n) is 3.72. The minimum Gasteiger partial charge on any atom is -0.457 e. The number of piperidine rings is 1. The van der Waals surface area contributed by atoms with Crippen molar-refractivity contribution in [2.24, 2.45) is 0 Å². The van der Waals surface area contributed by atoms with Gasteiger partial charge in [-0.15, -0.1) is 0 Å². The van der Waals surface area contributed by atoms with Crippen LogP contribution in [0.3, 0.4) is 0 Å². The summed E-state index contributed by atoms with van der Waals surface area (Å²) in [4.78, 5) is 18.2. The SMILES string of the molecule is O=C(c1cccc(Oc2ccncc2)c1)N1CCC(O)CC1. The number of carbonyl (C=O) groups excluding carboxylic acids is 1. The molecule has 5 heteroatoms. The number of pyridine rings is 1. The van der Waals surface area contributed by atoms with Gasteiger partial charge >= 0.3 is 0 Å². The molecule has 0 spiro atoms. The van der Waals surface area contributed by atoms with Gasteiger partial charge in [0.2, 0.25) is 0 Å². The van der Waals surface area contributed by atoms with E-state index in [2.05, 4.69) is 4.98 Å². The highest BCUT2D eigenvalue weighted by molar-refractivity contribution is 5.94. The fraction of sp³-hybridized carbons (Fsp3) is 0.294. The largest absolute Gasteiger partial charge is 0.457 e. The summed E-state index contributed by atoms with van der Waals surface area (Å²) in [5, 5.41) is 9.52. The molecule has 1 aromatic carbocycles. The van der Waals surface area contributed by atoms with Crippen molar-refractivity contribution < 1.29 is 14.6 Å². The van der Waals surface area contributed by atoms with E-state index < -0.39 is 0 Å². The monoisotopic (exact) mass is 298 g/mol. The van der Waals surface area contributed by atoms with E-state index in [1.807, 2.05) is 12.1 Å². The zero-order valence-electron chi connectivity index (χ0n) is 12.2. The molecule has 2 heterocycles. The lowest BCUT2D eigenvalue weighted by atomic mass is 10.1. The van der Waals surface area contributed by atoms with Crippen LogP contribution in [0.4, 0.5) is 0 Å². The summed E-state index contributed by atoms with van der Waals surface area (Å²) in [6, 6.07) is 10.7. The fourth-order valence-corrected chi connectivity index (χ4v) is 2.49. The number of benzene rings is 1. The molecule has 5 nitrogen and oxygen atoms in total. The highest BCUT2D eigenvalue weighted by Gasteiger charge is 2.22. The lowest BCUT2D eigenvalue weighted by Crippen LogP contribution is -2.40. The number of nitrogens with zero attached hydrogens (tertiary/aromatic N) is 2. The van der Waals surface area contributed by atoms with Crippen molar-refractivity contribution in [3.05, 3.63) is 54.4 Å². The summed E-state index contributed by atoms with van der Waals surface area (Å²) < 4.78 is 5.72. The normalized spacial score (nSPS) is 15.6. The van der Waals surface area contributed by atoms with Gasteiger partial charge in [-0.1, -0.05) is 6.07 Å². The molecule has 1 N–H and O–H groups in total. The van der Waals surface area contributed by atoms with Crippen LogP contribution in [-0.2, 0) is 0 Å². The molecule has 1 aliphatic rings. The molecule has 114 valence electrons. The molecule has 2 aromatic rings. The van der Waals surface area contributed by atoms with Crippen LogP contribution in [0.5, 0.6) is 11.5 Å². The van der Waals surface area contributed by atoms with Crippen LogP contribution in [0.15, 0.2) is 48.8 Å². The highest BCUT2D eigenvalue weighted by Crippen LogP contribution is 2.22. The van der Waals surface area contributed by atoms with Gasteiger partial charge in [0.15, 0.2) is 0 Å². The first-order chi connectivity index (χ1) is 10.7. The molecule has 3 rings (SSSR count). The number of rotatable bonds is 3. The maximum absolute atomic E-state index is 12.5. The summed E-state index contributed by atoms with van der Waals surface area (Å²) >= 11 is 0. The minimum absolute atomic E-state index is 0.0212. The topological polar surface area (TPSA) is 62.7 Å². The summed E-state index contributed by atoms with van der Waals surface area (Å²) in [7, 11) is 0. The number of aromatic nitrogens is 1. The molecule has 0 radical (unpaired) electrons. The third-order valence-corrected chi connectivity index (χ3v) is 3.72. The number of likely N-dealkylation sites (tertiary alicyclic amines) is 1. The quantitative estimate of drug-likeness (QED) is 0.945. The van der Waals surface area contributed by atoms with E-state index >= 15 is 0 Å². The van der Waals surface area contributed by atoms with Crippen LogP contribution in [0.2, 0.25) is 0 Å². The average Bonchev–Trinajstić information content (AvgIpc) is 2.56. The number of carbonyl (C=O) groups is 1. The number of ether oxygens (including phenoxy) is 1. The number of aliphatic hydroxyl groups is 1. The summed E-state index contributed by atoms with van der Waals surface area (Å²) in [6.45, 7) is 1.19. The molecule has 1 aromatic heterocycles. The van der Waals surface area contributed by atoms with E-state index in [-0.39, 0.29) is 12.0 Å². The predicted molar refractivity (Wildman–Crippen MR) is 81.9 cm³/mol. The Morgan fingerprint density at radius 3 is 2.59 bits per heavy atom. The Balaban J connectivity index is 1.72. The summed E-state index contributed by atoms with van der Waals surface area (Å²) in [6.07, 6.45) is 4.30. The van der Waals surface area contributed by atoms with Gasteiger partial charge in [-0.05, 0) is 43.2 Å². The van der Waals surface area contributed by atoms with E-state index in [1.54, 1.807) is 41.6 Å². The fourth-order valence-electron chi connectivity index (χ4n) is 2.49. The van der Waals surface area contributed by atoms with Gasteiger partial charge in [0.05, 0.1) is 6.10 Å². The van der Waals surface area contributed by atoms with Gasteiger partial charge < -0.3 is 14.7 Å². The Kier molecular flexibility index (Phi) is 4.34. The molecule has 22 heavy (non-hydrogen) atoms. The number of hydrogen-bond acceptors (Lipinski definition) is 4. The van der Waals surface area contributed by atoms with Crippen LogP contribution in [0.25, 0.3) is 0 Å². The van der Waals surface area contributed by atoms with E-state index in [0.29, 0.717) is 43.0 Å². The molecule has 0 aliphatic carbocycles. The highest BCUT2D eigenvalue weighted by atomic mass is 16.5. The number of aliphatic hydroxyl groups excluding tert-OH is 1. The van der Waals surface area contributed by atoms with Crippen LogP contribution >= 0.6 is 0 Å². The third kappa shape index (κ3) is 3.43. The first-order valence-electron chi connectivity index (χ1n) is 7.37. The molecule has 1 saturated heterocycles. The minimum atomic E-state index is -0.287. The van der Waals surface area contributed by atoms with Gasteiger partial charge in [-0.25, -0.2) is 0 Å². The molecule has 1 fully saturated rings. The van der Waals surface area contributed by atoms with Gasteiger partial charge in [-0.3, -0.25) is 9.78 Å². The summed E-state index contributed by atoms with van der Waals surface area (Å²) in [5.41, 5.74) is 0.600. The predicted octanol–water partition coefficient (Wildman–Crippen LogP) is 2.47. The molecule has 0 bridgehead atoms. The van der Waals surface area contributed by atoms with Gasteiger partial charge in [0.1, 0.15) is 11.5 Å². The van der Waals surface area contributed by atoms with Crippen molar-refractivity contribution >= 4 is 5.91 Å². The average molecular weight is 298 g/mol. The Morgan fingerprint density at radius 1 is 1.14 bits per heavy atom. The molecule has 0 atom stereocenters. The lowest BCUT2D eigenvalue weighted by molar-refractivity contribution is 0.0546. The van der Waals surface area contributed by atoms with E-state index in [0.717, 1.165) is 0 Å². The van der Waals surface area contributed by atoms with E-state index in [9.17, 15) is 9.90 Å². The van der Waals surface area contributed by atoms with Crippen molar-refractivity contribution in [1.82, 2.24) is 9.88 Å². The van der Waals surface area contributed by atoms with Crippen molar-refractivity contribution in [1.29, 1.82) is 0 Å². The van der Waals surface area contributed by atoms with Gasteiger partial charge in [-0.2, -0.15) is 0 Å². The second kappa shape index (κ2) is 6.58. The van der Waals surface area contributed by atoms with Crippen LogP contribution in [-0.4, -0.2) is 40.1 Å². The standard InChI is InChI=1S/C17H18N2O3/c20-14-6-10-19(11-7-14)17(21)13-2-1-3-16(12-13)22-15-4-8-18-9-5-15/h1-5,8-9,12,14,20H,6-7,10-11H2. The molecule has 1 amide bonds. The van der Waals surface area contributed by atoms with E-state index in [4.69, 9.17) is 4.74 Å². The second-order valence-electron chi connectivity index (χ2n) is 5.34. The zero-order valence-corrected chi connectivity index (χ0v) is 12.2. The first kappa shape index (κ1) is 14.5. The Labute approximate surface area is 129 Å². The number of hydrogen-bond donors (Lipinski definition) is 1. The Morgan fingerprint density at radius 2 is 1.86 bits per heavy atom. The smallest absolute Gasteiger partial charge is 0.253 e. The Hall–Kier alpha value is -2.40. The van der Waals surface area contributed by atoms with Crippen LogP contribution in [0.1, 0.15) is 23.2 Å². The van der Waals surface area contributed by atoms with Crippen molar-refractivity contribution in [3.8, 4) is 11.5 Å². The molecule has 0 saturated carbocycles. The van der Waals surface area contributed by atoms with Gasteiger partial charge in [0, 0.05) is 31.0 Å². The molecular weight excluding hydrogens is 280 g/mol. The van der Waals surface area contributed by atoms with Crippen molar-refractivity contribution in [3.63, 3.8) is 0 Å². The summed E-state index contributed by atoms with van der Waals surface area (Å²) in [5.74, 6) is 1.28. The lowest BCUT2D eigenvalue weighted by Gasteiger charge is -2.29. The van der Waals surface area contributed by atoms with Crippen molar-refractivity contribution in [2.75, 3.05) is 13.1 Å². The van der Waals surface area contributed by atoms with Crippen LogP contribution in [0, 0.1) is 0 Å². The van der Waals surface area contributed by atoms with Gasteiger partial charge in [0.25, 0.3) is 5.91 Å². The maximum Gasteiger partial charge on any atom is 0.253 e. The van der Waals surface area contributed by atoms with Crippen molar-refractivity contribution in [2.45, 2.75) is 18.9 Å². The molecular formula is C17H18N2O3. The molecule has 1 aliphatic heterocycles. The van der Waals surface area contributed by atoms with E-state index in [1.165, 1.54) is 0 Å². The number of amides is 1. The van der Waals surface area contributed by atoms with Crippen LogP contribution < -0.4 is 4.74 Å².